The molecule has 0 aliphatic heterocycles. The van der Waals surface area contributed by atoms with E-state index in [-0.39, 0.29) is 59.1 Å². The predicted octanol–water partition coefficient (Wildman–Crippen LogP) is 7.47. The molecule has 4 aromatic carbocycles. The smallest absolute Gasteiger partial charge is 0.111 e. The summed E-state index contributed by atoms with van der Waals surface area (Å²) in [5.74, 6) is -0.770. The summed E-state index contributed by atoms with van der Waals surface area (Å²) in [7, 11) is 0. The first-order valence-electron chi connectivity index (χ1n) is 18.1. The first-order valence-corrected chi connectivity index (χ1v) is 33.9. The van der Waals surface area contributed by atoms with Crippen molar-refractivity contribution in [3.8, 4) is 0 Å². The molecule has 296 valence electrons. The third-order valence-electron chi connectivity index (χ3n) is 7.32. The second-order valence-electron chi connectivity index (χ2n) is 12.8. The van der Waals surface area contributed by atoms with Crippen LogP contribution in [0, 0.1) is 47.6 Å². The van der Waals surface area contributed by atoms with Gasteiger partial charge in [0.1, 0.15) is 23.3 Å². The second kappa shape index (κ2) is 30.3. The molecule has 0 N–H and O–H groups in total. The van der Waals surface area contributed by atoms with Crippen LogP contribution in [0.5, 0.6) is 0 Å². The van der Waals surface area contributed by atoms with Crippen LogP contribution < -0.4 is 24.8 Å². The fourth-order valence-electron chi connectivity index (χ4n) is 5.04. The van der Waals surface area contributed by atoms with E-state index >= 15 is 0 Å². The maximum atomic E-state index is 12.8. The van der Waals surface area contributed by atoms with Crippen molar-refractivity contribution in [2.75, 3.05) is 0 Å². The van der Waals surface area contributed by atoms with Crippen molar-refractivity contribution in [1.82, 2.24) is 0 Å². The summed E-state index contributed by atoms with van der Waals surface area (Å²) < 4.78 is 51.0. The summed E-state index contributed by atoms with van der Waals surface area (Å²) >= 11 is 2.90. The Labute approximate surface area is 385 Å². The quantitative estimate of drug-likeness (QED) is 0.113. The van der Waals surface area contributed by atoms with Gasteiger partial charge in [-0.15, -0.1) is 70.8 Å². The number of benzene rings is 4. The molecule has 0 saturated carbocycles. The number of allylic oxidation sites excluding steroid dienone is 16. The molecule has 0 bridgehead atoms. The van der Waals surface area contributed by atoms with Crippen LogP contribution in [0.3, 0.4) is 0 Å². The molecule has 10 heteroatoms. The van der Waals surface area contributed by atoms with Gasteiger partial charge >= 0.3 is 83.2 Å². The molecule has 0 amide bonds. The van der Waals surface area contributed by atoms with E-state index in [4.69, 9.17) is 0 Å². The zero-order valence-corrected chi connectivity index (χ0v) is 43.6. The van der Waals surface area contributed by atoms with Gasteiger partial charge in [-0.2, -0.15) is 70.9 Å². The molecule has 0 radical (unpaired) electrons. The molecule has 4 aromatic rings. The third kappa shape index (κ3) is 22.0. The molecule has 0 atom stereocenters. The van der Waals surface area contributed by atoms with Crippen molar-refractivity contribution in [3.63, 3.8) is 0 Å². The van der Waals surface area contributed by atoms with Crippen LogP contribution in [0.2, 0.25) is 26.2 Å². The Hall–Kier alpha value is -2.73. The molecule has 4 aliphatic rings. The van der Waals surface area contributed by atoms with E-state index in [0.717, 1.165) is 70.2 Å². The average Bonchev–Trinajstić information content (AvgIpc) is 4.01. The molecule has 8 rings (SSSR count). The van der Waals surface area contributed by atoms with Crippen LogP contribution in [-0.2, 0) is 46.0 Å². The first kappa shape index (κ1) is 53.3. The molecule has 0 aromatic heterocycles. The summed E-state index contributed by atoms with van der Waals surface area (Å²) in [5, 5.41) is 0. The molecule has 4 aliphatic carbocycles. The molecule has 0 heterocycles. The monoisotopic (exact) mass is 1180 g/mol. The molecule has 0 fully saturated rings. The molecular formula is C48H44Cl2F4Hf2Si2-2. The Bertz CT molecular complexity index is 1890. The van der Waals surface area contributed by atoms with E-state index in [1.165, 1.54) is 94.5 Å². The summed E-state index contributed by atoms with van der Waals surface area (Å²) in [4.78, 5) is 0. The van der Waals surface area contributed by atoms with E-state index < -0.39 is 0 Å². The SMILES string of the molecule is C[Si](C)=[Hf+2].C[Si](C)=[Hf+2].Fc1cccc(C2=[C-]CC=C2)c1.Fc1cccc(C2=[C-]CC=C2)c1.Fc1cccc(C2=[C-]CC=C2)c1.Fc1cccc(C2=[C-]CC=C2)c1.[Cl-].[Cl-]. The van der Waals surface area contributed by atoms with Crippen molar-refractivity contribution in [1.29, 1.82) is 0 Å². The molecular weight excluding hydrogens is 1140 g/mol. The standard InChI is InChI=1S/4C11H8F.2C2H6Si.2ClH.2Hf/c4*12-11-7-3-6-10(8-11)9-4-1-2-5-9;2*1-3-2;;;;/h4*1,3-4,6-8H,2H2;2*1-2H3;2*1H;;/q4*-1;;;;;2*+2/p-2. The largest absolute Gasteiger partial charge is 1.00 e. The van der Waals surface area contributed by atoms with Crippen LogP contribution in [0.15, 0.2) is 146 Å². The molecule has 0 spiro atoms. The van der Waals surface area contributed by atoms with Crippen molar-refractivity contribution in [3.05, 3.63) is 215 Å². The summed E-state index contributed by atoms with van der Waals surface area (Å²) in [6, 6.07) is 26.3. The Morgan fingerprint density at radius 1 is 0.397 bits per heavy atom. The van der Waals surface area contributed by atoms with Gasteiger partial charge in [0.05, 0.1) is 0 Å². The van der Waals surface area contributed by atoms with Gasteiger partial charge in [-0.05, 0) is 24.3 Å². The Kier molecular flexibility index (Phi) is 27.9. The van der Waals surface area contributed by atoms with Gasteiger partial charge in [-0.25, -0.2) is 17.6 Å². The Morgan fingerprint density at radius 3 is 0.724 bits per heavy atom. The zero-order valence-electron chi connectivity index (χ0n) is 33.0. The van der Waals surface area contributed by atoms with E-state index in [1.54, 1.807) is 24.3 Å². The van der Waals surface area contributed by atoms with Gasteiger partial charge in [0.25, 0.3) is 0 Å². The fourth-order valence-corrected chi connectivity index (χ4v) is 5.04. The first-order chi connectivity index (χ1) is 26.9. The third-order valence-corrected chi connectivity index (χ3v) is 7.32. The van der Waals surface area contributed by atoms with Gasteiger partial charge < -0.3 is 24.8 Å². The van der Waals surface area contributed by atoms with E-state index in [1.807, 2.05) is 72.9 Å². The number of hydrogen-bond donors (Lipinski definition) is 0. The van der Waals surface area contributed by atoms with Crippen molar-refractivity contribution in [2.45, 2.75) is 51.9 Å². The molecule has 0 unspecified atom stereocenters. The van der Waals surface area contributed by atoms with E-state index in [9.17, 15) is 17.6 Å². The van der Waals surface area contributed by atoms with Gasteiger partial charge in [0.2, 0.25) is 0 Å². The molecule has 0 nitrogen and oxygen atoms in total. The van der Waals surface area contributed by atoms with Crippen molar-refractivity contribution < 1.29 is 88.4 Å². The number of hydrogen-bond acceptors (Lipinski definition) is 0. The van der Waals surface area contributed by atoms with Gasteiger partial charge in [-0.3, -0.25) is 0 Å². The maximum absolute atomic E-state index is 12.8. The van der Waals surface area contributed by atoms with E-state index in [0.29, 0.717) is 0 Å². The minimum absolute atomic E-state index is 0. The maximum Gasteiger partial charge on any atom is 0.111 e. The van der Waals surface area contributed by atoms with Crippen LogP contribution >= 0.6 is 0 Å². The van der Waals surface area contributed by atoms with Crippen LogP contribution in [0.4, 0.5) is 17.6 Å². The number of rotatable bonds is 4. The van der Waals surface area contributed by atoms with Crippen LogP contribution in [-0.4, -0.2) is 11.0 Å². The molecule has 0 saturated heterocycles. The number of halogens is 6. The Morgan fingerprint density at radius 2 is 0.586 bits per heavy atom. The minimum Gasteiger partial charge on any atom is -1.00 e. The van der Waals surface area contributed by atoms with Gasteiger partial charge in [-0.1, -0.05) is 74.2 Å². The van der Waals surface area contributed by atoms with Crippen LogP contribution in [0.25, 0.3) is 22.3 Å². The van der Waals surface area contributed by atoms with Gasteiger partial charge in [0, 0.05) is 0 Å². The van der Waals surface area contributed by atoms with Gasteiger partial charge in [0.15, 0.2) is 0 Å². The topological polar surface area (TPSA) is 0 Å². The summed E-state index contributed by atoms with van der Waals surface area (Å²) in [6.45, 7) is 9.32. The fraction of sp³-hybridized carbons (Fsp3) is 0.167. The van der Waals surface area contributed by atoms with E-state index in [2.05, 4.69) is 50.5 Å². The normalized spacial score (nSPS) is 13.3. The molecule has 58 heavy (non-hydrogen) atoms. The van der Waals surface area contributed by atoms with Crippen LogP contribution in [0.1, 0.15) is 47.9 Å². The second-order valence-corrected chi connectivity index (χ2v) is 38.4. The summed E-state index contributed by atoms with van der Waals surface area (Å²) in [6.07, 6.45) is 31.8. The zero-order chi connectivity index (χ0) is 40.7. The summed E-state index contributed by atoms with van der Waals surface area (Å²) in [5.41, 5.74) is 8.12. The Balaban J connectivity index is 0.000000360. The average molecular weight is 1180 g/mol. The predicted molar refractivity (Wildman–Crippen MR) is 222 cm³/mol. The minimum atomic E-state index is -0.192. The van der Waals surface area contributed by atoms with Crippen molar-refractivity contribution >= 4 is 33.3 Å². The van der Waals surface area contributed by atoms with Crippen molar-refractivity contribution in [2.24, 2.45) is 0 Å².